The molecule has 0 aromatic heterocycles. The van der Waals surface area contributed by atoms with E-state index < -0.39 is 17.7 Å². The first-order valence-corrected chi connectivity index (χ1v) is 11.0. The summed E-state index contributed by atoms with van der Waals surface area (Å²) in [4.78, 5) is 40.3. The van der Waals surface area contributed by atoms with E-state index in [1.54, 1.807) is 36.2 Å². The third kappa shape index (κ3) is 6.15. The zero-order chi connectivity index (χ0) is 25.0. The number of halogens is 3. The van der Waals surface area contributed by atoms with E-state index in [0.717, 1.165) is 17.7 Å². The molecule has 0 bridgehead atoms. The summed E-state index contributed by atoms with van der Waals surface area (Å²) in [5, 5.41) is 2.80. The molecule has 0 saturated carbocycles. The smallest absolute Gasteiger partial charge is 0.352 e. The molecule has 1 atom stereocenters. The molecule has 9 heteroatoms. The zero-order valence-corrected chi connectivity index (χ0v) is 19.4. The lowest BCUT2D eigenvalue weighted by Gasteiger charge is -2.21. The maximum atomic E-state index is 12.9. The molecule has 34 heavy (non-hydrogen) atoms. The van der Waals surface area contributed by atoms with Gasteiger partial charge >= 0.3 is 6.18 Å². The van der Waals surface area contributed by atoms with E-state index >= 15 is 0 Å². The molecule has 1 heterocycles. The van der Waals surface area contributed by atoms with Crippen LogP contribution in [0.3, 0.4) is 0 Å². The SMILES string of the molecule is CC(C)N(C)C(=O)c1ccc(CNC(=O)C2CC(=O)N(Cc3cccc(C(F)(F)F)c3)C2)cc1. The first-order chi connectivity index (χ1) is 16.0. The Bertz CT molecular complexity index is 1050. The van der Waals surface area contributed by atoms with Crippen LogP contribution in [0.2, 0.25) is 0 Å². The first-order valence-electron chi connectivity index (χ1n) is 11.0. The van der Waals surface area contributed by atoms with Crippen molar-refractivity contribution in [1.82, 2.24) is 15.1 Å². The second-order valence-electron chi connectivity index (χ2n) is 8.80. The summed E-state index contributed by atoms with van der Waals surface area (Å²) in [6, 6.07) is 11.9. The summed E-state index contributed by atoms with van der Waals surface area (Å²) in [6.45, 7) is 4.26. The number of carbonyl (C=O) groups excluding carboxylic acids is 3. The van der Waals surface area contributed by atoms with Crippen molar-refractivity contribution in [2.75, 3.05) is 13.6 Å². The number of carbonyl (C=O) groups is 3. The van der Waals surface area contributed by atoms with Gasteiger partial charge in [0, 0.05) is 44.7 Å². The van der Waals surface area contributed by atoms with Crippen molar-refractivity contribution in [2.45, 2.75) is 45.6 Å². The van der Waals surface area contributed by atoms with Crippen molar-refractivity contribution in [3.63, 3.8) is 0 Å². The van der Waals surface area contributed by atoms with Crippen LogP contribution in [0, 0.1) is 5.92 Å². The van der Waals surface area contributed by atoms with Gasteiger partial charge in [0.1, 0.15) is 0 Å². The van der Waals surface area contributed by atoms with Gasteiger partial charge in [0.25, 0.3) is 5.91 Å². The predicted molar refractivity (Wildman–Crippen MR) is 120 cm³/mol. The van der Waals surface area contributed by atoms with Gasteiger partial charge in [0.05, 0.1) is 11.5 Å². The second kappa shape index (κ2) is 10.3. The third-order valence-electron chi connectivity index (χ3n) is 5.98. The minimum absolute atomic E-state index is 0.0137. The fourth-order valence-electron chi connectivity index (χ4n) is 3.70. The Morgan fingerprint density at radius 3 is 2.41 bits per heavy atom. The second-order valence-corrected chi connectivity index (χ2v) is 8.80. The van der Waals surface area contributed by atoms with Crippen molar-refractivity contribution in [3.8, 4) is 0 Å². The van der Waals surface area contributed by atoms with Crippen LogP contribution in [0.1, 0.15) is 47.3 Å². The lowest BCUT2D eigenvalue weighted by molar-refractivity contribution is -0.137. The number of hydrogen-bond acceptors (Lipinski definition) is 3. The average Bonchev–Trinajstić information content (AvgIpc) is 3.16. The Morgan fingerprint density at radius 2 is 1.79 bits per heavy atom. The molecular formula is C25H28F3N3O3. The van der Waals surface area contributed by atoms with Crippen LogP contribution in [0.4, 0.5) is 13.2 Å². The maximum Gasteiger partial charge on any atom is 0.416 e. The molecule has 2 aromatic rings. The molecule has 0 spiro atoms. The number of rotatable bonds is 7. The highest BCUT2D eigenvalue weighted by molar-refractivity contribution is 5.94. The molecular weight excluding hydrogens is 447 g/mol. The molecule has 2 aromatic carbocycles. The average molecular weight is 476 g/mol. The van der Waals surface area contributed by atoms with E-state index in [-0.39, 0.29) is 49.8 Å². The Kier molecular flexibility index (Phi) is 7.64. The Hall–Kier alpha value is -3.36. The van der Waals surface area contributed by atoms with Crippen LogP contribution in [0.5, 0.6) is 0 Å². The van der Waals surface area contributed by atoms with Gasteiger partial charge in [0.15, 0.2) is 0 Å². The van der Waals surface area contributed by atoms with Crippen LogP contribution < -0.4 is 5.32 Å². The third-order valence-corrected chi connectivity index (χ3v) is 5.98. The van der Waals surface area contributed by atoms with E-state index in [1.165, 1.54) is 17.0 Å². The first kappa shape index (κ1) is 25.3. The minimum Gasteiger partial charge on any atom is -0.352 e. The van der Waals surface area contributed by atoms with Gasteiger partial charge in [-0.3, -0.25) is 14.4 Å². The number of amides is 3. The van der Waals surface area contributed by atoms with Gasteiger partial charge in [0.2, 0.25) is 11.8 Å². The van der Waals surface area contributed by atoms with E-state index in [9.17, 15) is 27.6 Å². The zero-order valence-electron chi connectivity index (χ0n) is 19.4. The number of benzene rings is 2. The van der Waals surface area contributed by atoms with Gasteiger partial charge in [-0.2, -0.15) is 13.2 Å². The van der Waals surface area contributed by atoms with Crippen LogP contribution >= 0.6 is 0 Å². The molecule has 1 aliphatic heterocycles. The van der Waals surface area contributed by atoms with Gasteiger partial charge in [-0.25, -0.2) is 0 Å². The van der Waals surface area contributed by atoms with Gasteiger partial charge < -0.3 is 15.1 Å². The summed E-state index contributed by atoms with van der Waals surface area (Å²) in [6.07, 6.45) is -4.44. The molecule has 6 nitrogen and oxygen atoms in total. The van der Waals surface area contributed by atoms with E-state index in [4.69, 9.17) is 0 Å². The van der Waals surface area contributed by atoms with Crippen LogP contribution in [-0.2, 0) is 28.9 Å². The van der Waals surface area contributed by atoms with E-state index in [1.807, 2.05) is 13.8 Å². The molecule has 0 radical (unpaired) electrons. The van der Waals surface area contributed by atoms with Crippen molar-refractivity contribution >= 4 is 17.7 Å². The Labute approximate surface area is 196 Å². The Balaban J connectivity index is 1.54. The van der Waals surface area contributed by atoms with E-state index in [0.29, 0.717) is 11.1 Å². The highest BCUT2D eigenvalue weighted by atomic mass is 19.4. The largest absolute Gasteiger partial charge is 0.416 e. The van der Waals surface area contributed by atoms with Crippen LogP contribution in [0.25, 0.3) is 0 Å². The lowest BCUT2D eigenvalue weighted by Crippen LogP contribution is -2.33. The number of nitrogens with one attached hydrogen (secondary N) is 1. The Morgan fingerprint density at radius 1 is 1.12 bits per heavy atom. The number of alkyl halides is 3. The predicted octanol–water partition coefficient (Wildman–Crippen LogP) is 3.85. The van der Waals surface area contributed by atoms with Gasteiger partial charge in [-0.1, -0.05) is 24.3 Å². The topological polar surface area (TPSA) is 69.7 Å². The molecule has 3 amide bonds. The molecule has 182 valence electrons. The quantitative estimate of drug-likeness (QED) is 0.662. The lowest BCUT2D eigenvalue weighted by atomic mass is 10.1. The van der Waals surface area contributed by atoms with Crippen molar-refractivity contribution in [1.29, 1.82) is 0 Å². The minimum atomic E-state index is -4.46. The highest BCUT2D eigenvalue weighted by Crippen LogP contribution is 2.30. The van der Waals surface area contributed by atoms with Crippen molar-refractivity contribution in [2.24, 2.45) is 5.92 Å². The monoisotopic (exact) mass is 475 g/mol. The number of nitrogens with zero attached hydrogens (tertiary/aromatic N) is 2. The molecule has 3 rings (SSSR count). The summed E-state index contributed by atoms with van der Waals surface area (Å²) in [7, 11) is 1.74. The number of likely N-dealkylation sites (tertiary alicyclic amines) is 1. The highest BCUT2D eigenvalue weighted by Gasteiger charge is 2.35. The van der Waals surface area contributed by atoms with Gasteiger partial charge in [-0.15, -0.1) is 0 Å². The van der Waals surface area contributed by atoms with Crippen LogP contribution in [0.15, 0.2) is 48.5 Å². The number of hydrogen-bond donors (Lipinski definition) is 1. The fourth-order valence-corrected chi connectivity index (χ4v) is 3.70. The summed E-state index contributed by atoms with van der Waals surface area (Å²) < 4.78 is 38.8. The summed E-state index contributed by atoms with van der Waals surface area (Å²) in [5.41, 5.74) is 0.955. The standard InChI is InChI=1S/C25H28F3N3O3/c1-16(2)30(3)24(34)19-9-7-17(8-10-19)13-29-23(33)20-12-22(32)31(15-20)14-18-5-4-6-21(11-18)25(26,27)28/h4-11,16,20H,12-15H2,1-3H3,(H,29,33). The van der Waals surface area contributed by atoms with Crippen molar-refractivity contribution in [3.05, 3.63) is 70.8 Å². The van der Waals surface area contributed by atoms with Gasteiger partial charge in [-0.05, 0) is 49.2 Å². The maximum absolute atomic E-state index is 12.9. The summed E-state index contributed by atoms with van der Waals surface area (Å²) in [5.74, 6) is -1.22. The van der Waals surface area contributed by atoms with E-state index in [2.05, 4.69) is 5.32 Å². The molecule has 1 aliphatic rings. The van der Waals surface area contributed by atoms with Crippen molar-refractivity contribution < 1.29 is 27.6 Å². The molecule has 1 unspecified atom stereocenters. The molecule has 0 aliphatic carbocycles. The molecule has 1 N–H and O–H groups in total. The fraction of sp³-hybridized carbons (Fsp3) is 0.400. The summed E-state index contributed by atoms with van der Waals surface area (Å²) >= 11 is 0. The van der Waals surface area contributed by atoms with Crippen LogP contribution in [-0.4, -0.2) is 47.2 Å². The molecule has 1 saturated heterocycles. The normalized spacial score (nSPS) is 16.1. The molecule has 1 fully saturated rings.